The van der Waals surface area contributed by atoms with Gasteiger partial charge in [-0.15, -0.1) is 0 Å². The lowest BCUT2D eigenvalue weighted by molar-refractivity contribution is -0.214. The average Bonchev–Trinajstić information content (AvgIpc) is 2.09. The summed E-state index contributed by atoms with van der Waals surface area (Å²) in [6.07, 6.45) is -2.68. The van der Waals surface area contributed by atoms with Gasteiger partial charge in [-0.3, -0.25) is 4.79 Å². The van der Waals surface area contributed by atoms with Crippen LogP contribution in [0.15, 0.2) is 0 Å². The van der Waals surface area contributed by atoms with Crippen molar-refractivity contribution in [2.24, 2.45) is 0 Å². The zero-order valence-corrected chi connectivity index (χ0v) is 6.77. The minimum Gasteiger partial charge on any atom is -0.394 e. The highest BCUT2D eigenvalue weighted by molar-refractivity contribution is 5.84. The van der Waals surface area contributed by atoms with Gasteiger partial charge in [0.15, 0.2) is 12.1 Å². The minimum absolute atomic E-state index is 0.0359. The first-order chi connectivity index (χ1) is 5.69. The third kappa shape index (κ3) is 1.81. The Bertz CT molecular complexity index is 169. The molecule has 0 aromatic rings. The molecule has 5 heteroatoms. The van der Waals surface area contributed by atoms with Crippen LogP contribution in [0.1, 0.15) is 6.42 Å². The molecule has 70 valence electrons. The van der Waals surface area contributed by atoms with Gasteiger partial charge in [-0.25, -0.2) is 0 Å². The van der Waals surface area contributed by atoms with Crippen LogP contribution in [-0.2, 0) is 14.3 Å². The molecule has 1 rings (SSSR count). The number of aliphatic hydroxyl groups is 2. The van der Waals surface area contributed by atoms with E-state index in [-0.39, 0.29) is 18.8 Å². The summed E-state index contributed by atoms with van der Waals surface area (Å²) in [5.74, 6) is -0.354. The van der Waals surface area contributed by atoms with Gasteiger partial charge in [0.2, 0.25) is 0 Å². The van der Waals surface area contributed by atoms with E-state index in [2.05, 4.69) is 0 Å². The smallest absolute Gasteiger partial charge is 0.169 e. The SMILES string of the molecule is CO[C@@H]1CC(=O)[C@H](O)C(CO)O1. The molecular formula is C7H12O5. The average molecular weight is 176 g/mol. The second-order valence-corrected chi connectivity index (χ2v) is 2.64. The van der Waals surface area contributed by atoms with Gasteiger partial charge in [0.25, 0.3) is 0 Å². The van der Waals surface area contributed by atoms with Crippen molar-refractivity contribution in [3.8, 4) is 0 Å². The highest BCUT2D eigenvalue weighted by Gasteiger charge is 2.35. The van der Waals surface area contributed by atoms with Crippen molar-refractivity contribution in [3.05, 3.63) is 0 Å². The second kappa shape index (κ2) is 3.95. The van der Waals surface area contributed by atoms with E-state index < -0.39 is 18.5 Å². The van der Waals surface area contributed by atoms with E-state index in [1.54, 1.807) is 0 Å². The van der Waals surface area contributed by atoms with Crippen LogP contribution in [-0.4, -0.2) is 48.2 Å². The van der Waals surface area contributed by atoms with E-state index in [9.17, 15) is 4.79 Å². The van der Waals surface area contributed by atoms with Crippen LogP contribution in [0.25, 0.3) is 0 Å². The zero-order valence-electron chi connectivity index (χ0n) is 6.77. The molecular weight excluding hydrogens is 164 g/mol. The molecule has 0 bridgehead atoms. The fourth-order valence-corrected chi connectivity index (χ4v) is 1.09. The summed E-state index contributed by atoms with van der Waals surface area (Å²) in [4.78, 5) is 11.0. The minimum atomic E-state index is -1.22. The molecule has 12 heavy (non-hydrogen) atoms. The molecule has 1 unspecified atom stereocenters. The molecule has 0 spiro atoms. The van der Waals surface area contributed by atoms with Crippen LogP contribution >= 0.6 is 0 Å². The molecule has 5 nitrogen and oxygen atoms in total. The maximum atomic E-state index is 11.0. The Morgan fingerprint density at radius 1 is 1.75 bits per heavy atom. The van der Waals surface area contributed by atoms with E-state index in [1.165, 1.54) is 7.11 Å². The molecule has 0 aromatic heterocycles. The number of aliphatic hydroxyl groups excluding tert-OH is 2. The summed E-state index contributed by atoms with van der Waals surface area (Å²) in [6.45, 7) is -0.382. The molecule has 1 aliphatic heterocycles. The number of Topliss-reactive ketones (excluding diaryl/α,β-unsaturated/α-hetero) is 1. The lowest BCUT2D eigenvalue weighted by atomic mass is 10.0. The van der Waals surface area contributed by atoms with E-state index in [1.807, 2.05) is 0 Å². The van der Waals surface area contributed by atoms with Crippen LogP contribution in [0.3, 0.4) is 0 Å². The van der Waals surface area contributed by atoms with Crippen LogP contribution in [0.4, 0.5) is 0 Å². The standard InChI is InChI=1S/C7H12O5/c1-11-6-2-4(9)7(10)5(3-8)12-6/h5-8,10H,2-3H2,1H3/t5?,6-,7-/m0/s1. The zero-order chi connectivity index (χ0) is 9.14. The topological polar surface area (TPSA) is 76.0 Å². The van der Waals surface area contributed by atoms with E-state index >= 15 is 0 Å². The normalized spacial score (nSPS) is 36.9. The monoisotopic (exact) mass is 176 g/mol. The molecule has 1 aliphatic rings. The third-order valence-corrected chi connectivity index (χ3v) is 1.82. The second-order valence-electron chi connectivity index (χ2n) is 2.64. The van der Waals surface area contributed by atoms with E-state index in [0.717, 1.165) is 0 Å². The Balaban J connectivity index is 2.58. The molecule has 0 aliphatic carbocycles. The highest BCUT2D eigenvalue weighted by atomic mass is 16.7. The molecule has 3 atom stereocenters. The van der Waals surface area contributed by atoms with E-state index in [4.69, 9.17) is 19.7 Å². The number of carbonyl (C=O) groups excluding carboxylic acids is 1. The van der Waals surface area contributed by atoms with Gasteiger partial charge < -0.3 is 19.7 Å². The highest BCUT2D eigenvalue weighted by Crippen LogP contribution is 2.16. The van der Waals surface area contributed by atoms with Gasteiger partial charge in [-0.05, 0) is 0 Å². The first-order valence-corrected chi connectivity index (χ1v) is 3.69. The maximum absolute atomic E-state index is 11.0. The number of carbonyl (C=O) groups is 1. The Morgan fingerprint density at radius 2 is 2.42 bits per heavy atom. The molecule has 0 saturated carbocycles. The molecule has 0 aromatic carbocycles. The van der Waals surface area contributed by atoms with Crippen molar-refractivity contribution in [1.82, 2.24) is 0 Å². The summed E-state index contributed by atoms with van der Waals surface area (Å²) in [7, 11) is 1.41. The summed E-state index contributed by atoms with van der Waals surface area (Å²) >= 11 is 0. The Morgan fingerprint density at radius 3 is 2.92 bits per heavy atom. The van der Waals surface area contributed by atoms with Gasteiger partial charge in [0.1, 0.15) is 12.2 Å². The maximum Gasteiger partial charge on any atom is 0.169 e. The first kappa shape index (κ1) is 9.60. The summed E-state index contributed by atoms with van der Waals surface area (Å²) in [5, 5.41) is 17.9. The van der Waals surface area contributed by atoms with Crippen LogP contribution < -0.4 is 0 Å². The Labute approximate surface area is 69.9 Å². The first-order valence-electron chi connectivity index (χ1n) is 3.69. The third-order valence-electron chi connectivity index (χ3n) is 1.82. The van der Waals surface area contributed by atoms with Gasteiger partial charge in [0, 0.05) is 7.11 Å². The summed E-state index contributed by atoms with van der Waals surface area (Å²) < 4.78 is 9.80. The summed E-state index contributed by atoms with van der Waals surface area (Å²) in [6, 6.07) is 0. The number of rotatable bonds is 2. The largest absolute Gasteiger partial charge is 0.394 e. The van der Waals surface area contributed by atoms with Crippen molar-refractivity contribution in [1.29, 1.82) is 0 Å². The van der Waals surface area contributed by atoms with Gasteiger partial charge in [0.05, 0.1) is 13.0 Å². The van der Waals surface area contributed by atoms with Crippen LogP contribution in [0.5, 0.6) is 0 Å². The number of hydrogen-bond acceptors (Lipinski definition) is 5. The van der Waals surface area contributed by atoms with Crippen molar-refractivity contribution in [2.75, 3.05) is 13.7 Å². The molecule has 1 fully saturated rings. The van der Waals surface area contributed by atoms with Crippen molar-refractivity contribution < 1.29 is 24.5 Å². The van der Waals surface area contributed by atoms with Gasteiger partial charge in [-0.1, -0.05) is 0 Å². The molecule has 1 saturated heterocycles. The van der Waals surface area contributed by atoms with Crippen molar-refractivity contribution in [2.45, 2.75) is 24.9 Å². The number of hydrogen-bond donors (Lipinski definition) is 2. The fraction of sp³-hybridized carbons (Fsp3) is 0.857. The predicted molar refractivity (Wildman–Crippen MR) is 38.4 cm³/mol. The van der Waals surface area contributed by atoms with E-state index in [0.29, 0.717) is 0 Å². The predicted octanol–water partition coefficient (Wildman–Crippen LogP) is -1.33. The lowest BCUT2D eigenvalue weighted by Gasteiger charge is -2.30. The van der Waals surface area contributed by atoms with Gasteiger partial charge in [-0.2, -0.15) is 0 Å². The molecule has 2 N–H and O–H groups in total. The van der Waals surface area contributed by atoms with Crippen LogP contribution in [0.2, 0.25) is 0 Å². The Hall–Kier alpha value is -0.490. The number of methoxy groups -OCH3 is 1. The summed E-state index contributed by atoms with van der Waals surface area (Å²) in [5.41, 5.74) is 0. The Kier molecular flexibility index (Phi) is 3.16. The van der Waals surface area contributed by atoms with Crippen molar-refractivity contribution in [3.63, 3.8) is 0 Å². The lowest BCUT2D eigenvalue weighted by Crippen LogP contribution is -2.47. The van der Waals surface area contributed by atoms with Crippen LogP contribution in [0, 0.1) is 0 Å². The molecule has 0 amide bonds. The molecule has 0 radical (unpaired) electrons. The number of ether oxygens (including phenoxy) is 2. The molecule has 1 heterocycles. The fourth-order valence-electron chi connectivity index (χ4n) is 1.09. The van der Waals surface area contributed by atoms with Gasteiger partial charge >= 0.3 is 0 Å². The number of ketones is 1. The van der Waals surface area contributed by atoms with Crippen molar-refractivity contribution >= 4 is 5.78 Å². The quantitative estimate of drug-likeness (QED) is 0.545.